The Morgan fingerprint density at radius 2 is 0.571 bits per heavy atom. The van der Waals surface area contributed by atoms with Gasteiger partial charge in [-0.25, -0.2) is 0 Å². The number of carbonyl (C=O) groups excluding carboxylic acids is 3. The number of unbranched alkanes of at least 4 members (excludes halogenated alkanes) is 36. The molecule has 0 aliphatic carbocycles. The zero-order valence-corrected chi connectivity index (χ0v) is 42.4. The topological polar surface area (TPSA) is 78.9 Å². The van der Waals surface area contributed by atoms with Crippen molar-refractivity contribution in [2.24, 2.45) is 0 Å². The van der Waals surface area contributed by atoms with E-state index in [1.807, 2.05) is 0 Å². The van der Waals surface area contributed by atoms with Gasteiger partial charge in [0.15, 0.2) is 6.10 Å². The molecule has 0 aliphatic heterocycles. The average molecular weight is 887 g/mol. The van der Waals surface area contributed by atoms with Crippen molar-refractivity contribution in [1.82, 2.24) is 0 Å². The van der Waals surface area contributed by atoms with Gasteiger partial charge in [-0.3, -0.25) is 14.4 Å². The molecule has 0 aromatic rings. The molecular formula is C57H106O6. The highest BCUT2D eigenvalue weighted by molar-refractivity contribution is 5.71. The first kappa shape index (κ1) is 60.9. The molecule has 0 N–H and O–H groups in total. The van der Waals surface area contributed by atoms with E-state index in [1.165, 1.54) is 193 Å². The van der Waals surface area contributed by atoms with Gasteiger partial charge in [0, 0.05) is 19.3 Å². The SMILES string of the molecule is CCCCC/C=C\C/C=C\CCCCCCCCCC(=O)O[C@H](COC(=O)CCCCCCCCCCCC)COC(=O)CCCCCCCCCCCCCCCCCCCC. The molecule has 6 nitrogen and oxygen atoms in total. The van der Waals surface area contributed by atoms with Gasteiger partial charge >= 0.3 is 17.9 Å². The summed E-state index contributed by atoms with van der Waals surface area (Å²) in [6, 6.07) is 0. The summed E-state index contributed by atoms with van der Waals surface area (Å²) in [6.07, 6.45) is 60.2. The number of carbonyl (C=O) groups is 3. The summed E-state index contributed by atoms with van der Waals surface area (Å²) in [4.78, 5) is 38.0. The molecule has 370 valence electrons. The van der Waals surface area contributed by atoms with E-state index < -0.39 is 6.10 Å². The molecule has 1 atom stereocenters. The predicted molar refractivity (Wildman–Crippen MR) is 270 cm³/mol. The van der Waals surface area contributed by atoms with Crippen LogP contribution >= 0.6 is 0 Å². The second kappa shape index (κ2) is 52.5. The van der Waals surface area contributed by atoms with Crippen LogP contribution in [0.4, 0.5) is 0 Å². The molecule has 0 saturated heterocycles. The number of ether oxygens (including phenoxy) is 3. The Morgan fingerprint density at radius 3 is 0.905 bits per heavy atom. The van der Waals surface area contributed by atoms with Crippen molar-refractivity contribution < 1.29 is 28.6 Å². The molecule has 6 heteroatoms. The normalized spacial score (nSPS) is 12.1. The maximum absolute atomic E-state index is 12.8. The molecule has 0 bridgehead atoms. The molecular weight excluding hydrogens is 781 g/mol. The molecule has 0 rings (SSSR count). The quantitative estimate of drug-likeness (QED) is 0.0262. The number of rotatable bonds is 51. The molecule has 0 amide bonds. The Bertz CT molecular complexity index is 1020. The third-order valence-electron chi connectivity index (χ3n) is 12.5. The molecule has 63 heavy (non-hydrogen) atoms. The van der Waals surface area contributed by atoms with Crippen LogP contribution in [0.2, 0.25) is 0 Å². The highest BCUT2D eigenvalue weighted by Crippen LogP contribution is 2.17. The molecule has 0 aromatic carbocycles. The summed E-state index contributed by atoms with van der Waals surface area (Å²) in [5.74, 6) is -0.861. The van der Waals surface area contributed by atoms with Gasteiger partial charge in [-0.15, -0.1) is 0 Å². The zero-order valence-electron chi connectivity index (χ0n) is 42.4. The number of esters is 3. The molecule has 0 heterocycles. The zero-order chi connectivity index (χ0) is 45.8. The van der Waals surface area contributed by atoms with E-state index in [-0.39, 0.29) is 31.1 Å². The Balaban J connectivity index is 4.28. The lowest BCUT2D eigenvalue weighted by molar-refractivity contribution is -0.167. The highest BCUT2D eigenvalue weighted by atomic mass is 16.6. The van der Waals surface area contributed by atoms with Crippen molar-refractivity contribution in [3.8, 4) is 0 Å². The first-order valence-corrected chi connectivity index (χ1v) is 27.8. The maximum atomic E-state index is 12.8. The van der Waals surface area contributed by atoms with Crippen LogP contribution in [0.3, 0.4) is 0 Å². The number of hydrogen-bond donors (Lipinski definition) is 0. The molecule has 0 saturated carbocycles. The van der Waals surface area contributed by atoms with Crippen molar-refractivity contribution >= 4 is 17.9 Å². The average Bonchev–Trinajstić information content (AvgIpc) is 3.28. The molecule has 0 aromatic heterocycles. The fourth-order valence-electron chi connectivity index (χ4n) is 8.24. The van der Waals surface area contributed by atoms with Crippen LogP contribution in [0, 0.1) is 0 Å². The summed E-state index contributed by atoms with van der Waals surface area (Å²) in [7, 11) is 0. The lowest BCUT2D eigenvalue weighted by Gasteiger charge is -2.18. The van der Waals surface area contributed by atoms with Gasteiger partial charge in [0.05, 0.1) is 0 Å². The second-order valence-electron chi connectivity index (χ2n) is 18.9. The first-order chi connectivity index (χ1) is 31.0. The van der Waals surface area contributed by atoms with Crippen LogP contribution in [0.1, 0.15) is 303 Å². The third-order valence-corrected chi connectivity index (χ3v) is 12.5. The van der Waals surface area contributed by atoms with Crippen LogP contribution in [-0.2, 0) is 28.6 Å². The molecule has 0 spiro atoms. The van der Waals surface area contributed by atoms with Gasteiger partial charge in [-0.05, 0) is 51.4 Å². The van der Waals surface area contributed by atoms with Gasteiger partial charge in [0.1, 0.15) is 13.2 Å². The van der Waals surface area contributed by atoms with E-state index in [2.05, 4.69) is 45.1 Å². The minimum absolute atomic E-state index is 0.0694. The van der Waals surface area contributed by atoms with Gasteiger partial charge < -0.3 is 14.2 Å². The molecule has 0 fully saturated rings. The van der Waals surface area contributed by atoms with Crippen LogP contribution in [0.15, 0.2) is 24.3 Å². The van der Waals surface area contributed by atoms with Crippen LogP contribution < -0.4 is 0 Å². The Kier molecular flexibility index (Phi) is 50.8. The van der Waals surface area contributed by atoms with Gasteiger partial charge in [0.2, 0.25) is 0 Å². The van der Waals surface area contributed by atoms with Crippen LogP contribution in [0.5, 0.6) is 0 Å². The van der Waals surface area contributed by atoms with Gasteiger partial charge in [-0.1, -0.05) is 257 Å². The van der Waals surface area contributed by atoms with Crippen molar-refractivity contribution in [2.45, 2.75) is 309 Å². The summed E-state index contributed by atoms with van der Waals surface area (Å²) in [5.41, 5.74) is 0. The fraction of sp³-hybridized carbons (Fsp3) is 0.877. The summed E-state index contributed by atoms with van der Waals surface area (Å²) in [6.45, 7) is 6.64. The Labute approximate surface area is 392 Å². The van der Waals surface area contributed by atoms with Crippen molar-refractivity contribution in [1.29, 1.82) is 0 Å². The Morgan fingerprint density at radius 1 is 0.317 bits per heavy atom. The van der Waals surface area contributed by atoms with Crippen molar-refractivity contribution in [3.63, 3.8) is 0 Å². The first-order valence-electron chi connectivity index (χ1n) is 27.8. The van der Waals surface area contributed by atoms with Crippen LogP contribution in [0.25, 0.3) is 0 Å². The minimum Gasteiger partial charge on any atom is -0.462 e. The maximum Gasteiger partial charge on any atom is 0.306 e. The van der Waals surface area contributed by atoms with Crippen molar-refractivity contribution in [2.75, 3.05) is 13.2 Å². The molecule has 0 aliphatic rings. The Hall–Kier alpha value is -2.11. The van der Waals surface area contributed by atoms with E-state index in [4.69, 9.17) is 14.2 Å². The lowest BCUT2D eigenvalue weighted by Crippen LogP contribution is -2.30. The standard InChI is InChI=1S/C57H106O6/c1-4-7-10-13-16-19-22-24-26-28-30-31-33-35-38-41-44-47-50-56(59)62-53-54(52-61-55(58)49-46-43-40-37-21-18-15-12-9-6-3)63-57(60)51-48-45-42-39-36-34-32-29-27-25-23-20-17-14-11-8-5-2/h17,20,25,27,54H,4-16,18-19,21-24,26,28-53H2,1-3H3/b20-17-,27-25-/t54-/m1/s1. The molecule has 0 radical (unpaired) electrons. The minimum atomic E-state index is -0.769. The largest absolute Gasteiger partial charge is 0.462 e. The van der Waals surface area contributed by atoms with Gasteiger partial charge in [0.25, 0.3) is 0 Å². The van der Waals surface area contributed by atoms with Crippen molar-refractivity contribution in [3.05, 3.63) is 24.3 Å². The predicted octanol–water partition coefficient (Wildman–Crippen LogP) is 18.3. The fourth-order valence-corrected chi connectivity index (χ4v) is 8.24. The monoisotopic (exact) mass is 887 g/mol. The lowest BCUT2D eigenvalue weighted by atomic mass is 10.0. The van der Waals surface area contributed by atoms with E-state index in [1.54, 1.807) is 0 Å². The summed E-state index contributed by atoms with van der Waals surface area (Å²) < 4.78 is 16.8. The van der Waals surface area contributed by atoms with Crippen LogP contribution in [-0.4, -0.2) is 37.2 Å². The highest BCUT2D eigenvalue weighted by Gasteiger charge is 2.19. The van der Waals surface area contributed by atoms with E-state index >= 15 is 0 Å². The second-order valence-corrected chi connectivity index (χ2v) is 18.9. The van der Waals surface area contributed by atoms with Gasteiger partial charge in [-0.2, -0.15) is 0 Å². The summed E-state index contributed by atoms with van der Waals surface area (Å²) >= 11 is 0. The number of allylic oxidation sites excluding steroid dienone is 4. The molecule has 0 unspecified atom stereocenters. The third kappa shape index (κ3) is 50.7. The van der Waals surface area contributed by atoms with E-state index in [9.17, 15) is 14.4 Å². The number of hydrogen-bond acceptors (Lipinski definition) is 6. The van der Waals surface area contributed by atoms with E-state index in [0.29, 0.717) is 19.3 Å². The van der Waals surface area contributed by atoms with E-state index in [0.717, 1.165) is 70.6 Å². The smallest absolute Gasteiger partial charge is 0.306 e. The summed E-state index contributed by atoms with van der Waals surface area (Å²) in [5, 5.41) is 0.